The van der Waals surface area contributed by atoms with E-state index in [1.807, 2.05) is 0 Å². The van der Waals surface area contributed by atoms with Gasteiger partial charge in [0.15, 0.2) is 0 Å². The smallest absolute Gasteiger partial charge is 0.345 e. The van der Waals surface area contributed by atoms with E-state index >= 15 is 0 Å². The molecule has 0 aliphatic rings. The first-order chi connectivity index (χ1) is 8.38. The average molecular weight is 352 g/mol. The zero-order valence-electron chi connectivity index (χ0n) is 9.14. The Kier molecular flexibility index (Phi) is 5.34. The molecule has 0 bridgehead atoms. The summed E-state index contributed by atoms with van der Waals surface area (Å²) in [6.45, 7) is 0.219. The van der Waals surface area contributed by atoms with Crippen LogP contribution < -0.4 is 4.72 Å². The highest BCUT2D eigenvalue weighted by molar-refractivity contribution is 9.11. The summed E-state index contributed by atoms with van der Waals surface area (Å²) < 4.78 is 26.4. The molecule has 0 aliphatic carbocycles. The number of hydrogen-bond acceptors (Lipinski definition) is 4. The molecule has 1 aromatic heterocycles. The Bertz CT molecular complexity index is 586. The first kappa shape index (κ1) is 15.2. The molecule has 0 saturated carbocycles. The van der Waals surface area contributed by atoms with Crippen molar-refractivity contribution >= 4 is 43.3 Å². The van der Waals surface area contributed by atoms with Gasteiger partial charge >= 0.3 is 5.97 Å². The van der Waals surface area contributed by atoms with Gasteiger partial charge in [0.1, 0.15) is 9.77 Å². The minimum absolute atomic E-state index is 0.0362. The Morgan fingerprint density at radius 3 is 2.78 bits per heavy atom. The van der Waals surface area contributed by atoms with Crippen LogP contribution in [0, 0.1) is 12.3 Å². The van der Waals surface area contributed by atoms with E-state index < -0.39 is 16.0 Å². The highest BCUT2D eigenvalue weighted by Gasteiger charge is 2.22. The van der Waals surface area contributed by atoms with Crippen LogP contribution in [0.4, 0.5) is 0 Å². The number of halogens is 1. The highest BCUT2D eigenvalue weighted by atomic mass is 79.9. The average Bonchev–Trinajstić information content (AvgIpc) is 2.68. The van der Waals surface area contributed by atoms with Crippen LogP contribution in [-0.2, 0) is 10.0 Å². The summed E-state index contributed by atoms with van der Waals surface area (Å²) in [6, 6.07) is 1.13. The molecular weight excluding hydrogens is 342 g/mol. The van der Waals surface area contributed by atoms with Gasteiger partial charge in [-0.05, 0) is 28.4 Å². The number of thiophene rings is 1. The molecule has 0 atom stereocenters. The largest absolute Gasteiger partial charge is 0.477 e. The van der Waals surface area contributed by atoms with Crippen LogP contribution >= 0.6 is 27.3 Å². The van der Waals surface area contributed by atoms with Gasteiger partial charge in [-0.2, -0.15) is 0 Å². The molecule has 0 saturated heterocycles. The van der Waals surface area contributed by atoms with Gasteiger partial charge in [-0.1, -0.05) is 0 Å². The second-order valence-corrected chi connectivity index (χ2v) is 7.36. The van der Waals surface area contributed by atoms with E-state index in [4.69, 9.17) is 11.5 Å². The molecule has 5 nitrogen and oxygen atoms in total. The van der Waals surface area contributed by atoms with E-state index in [2.05, 4.69) is 26.6 Å². The maximum Gasteiger partial charge on any atom is 0.345 e. The summed E-state index contributed by atoms with van der Waals surface area (Å²) >= 11 is 3.91. The van der Waals surface area contributed by atoms with Gasteiger partial charge in [0, 0.05) is 13.0 Å². The third-order valence-electron chi connectivity index (χ3n) is 1.95. The number of sulfonamides is 1. The summed E-state index contributed by atoms with van der Waals surface area (Å²) in [7, 11) is -3.70. The first-order valence-corrected chi connectivity index (χ1v) is 7.93. The maximum atomic E-state index is 11.9. The summed E-state index contributed by atoms with van der Waals surface area (Å²) in [5.74, 6) is 1.25. The Morgan fingerprint density at radius 1 is 1.61 bits per heavy atom. The second-order valence-electron chi connectivity index (χ2n) is 3.26. The first-order valence-electron chi connectivity index (χ1n) is 4.84. The van der Waals surface area contributed by atoms with Crippen molar-refractivity contribution in [3.05, 3.63) is 14.7 Å². The van der Waals surface area contributed by atoms with E-state index in [0.717, 1.165) is 17.4 Å². The molecule has 1 heterocycles. The molecule has 98 valence electrons. The van der Waals surface area contributed by atoms with E-state index in [1.165, 1.54) is 0 Å². The molecule has 0 aliphatic heterocycles. The minimum atomic E-state index is -3.70. The predicted octanol–water partition coefficient (Wildman–Crippen LogP) is 1.90. The molecule has 0 fully saturated rings. The van der Waals surface area contributed by atoms with Crippen LogP contribution in [0.5, 0.6) is 0 Å². The topological polar surface area (TPSA) is 83.5 Å². The van der Waals surface area contributed by atoms with Gasteiger partial charge in [-0.25, -0.2) is 17.9 Å². The highest BCUT2D eigenvalue weighted by Crippen LogP contribution is 2.31. The lowest BCUT2D eigenvalue weighted by Gasteiger charge is -2.04. The standard InChI is InChI=1S/C10H10BrNO4S2/c1-2-3-4-5-12-18(15,16)8-6-7(10(13)14)17-9(8)11/h1,6,12H,3-5H2,(H,13,14). The lowest BCUT2D eigenvalue weighted by atomic mass is 10.3. The van der Waals surface area contributed by atoms with Crippen LogP contribution in [0.3, 0.4) is 0 Å². The van der Waals surface area contributed by atoms with Crippen molar-refractivity contribution in [2.75, 3.05) is 6.54 Å². The van der Waals surface area contributed by atoms with E-state index in [0.29, 0.717) is 12.8 Å². The zero-order valence-corrected chi connectivity index (χ0v) is 12.4. The SMILES string of the molecule is C#CCCCNS(=O)(=O)c1cc(C(=O)O)sc1Br. The summed E-state index contributed by atoms with van der Waals surface area (Å²) in [5, 5.41) is 8.79. The van der Waals surface area contributed by atoms with Crippen molar-refractivity contribution in [2.24, 2.45) is 0 Å². The number of aromatic carboxylic acids is 1. The molecule has 18 heavy (non-hydrogen) atoms. The molecule has 0 amide bonds. The fourth-order valence-electron chi connectivity index (χ4n) is 1.12. The molecule has 1 aromatic rings. The lowest BCUT2D eigenvalue weighted by Crippen LogP contribution is -2.24. The van der Waals surface area contributed by atoms with Gasteiger partial charge in [0.25, 0.3) is 0 Å². The third-order valence-corrected chi connectivity index (χ3v) is 5.65. The molecule has 0 radical (unpaired) electrons. The lowest BCUT2D eigenvalue weighted by molar-refractivity contribution is 0.0702. The monoisotopic (exact) mass is 351 g/mol. The number of carbonyl (C=O) groups is 1. The number of carboxylic acids is 1. The molecule has 0 spiro atoms. The third kappa shape index (κ3) is 3.81. The van der Waals surface area contributed by atoms with Gasteiger partial charge in [0.2, 0.25) is 10.0 Å². The second kappa shape index (κ2) is 6.33. The fraction of sp³-hybridized carbons (Fsp3) is 0.300. The van der Waals surface area contributed by atoms with Crippen molar-refractivity contribution in [3.8, 4) is 12.3 Å². The van der Waals surface area contributed by atoms with Gasteiger partial charge in [-0.15, -0.1) is 23.7 Å². The Hall–Kier alpha value is -0.880. The predicted molar refractivity (Wildman–Crippen MR) is 72.2 cm³/mol. The molecule has 1 rings (SSSR count). The van der Waals surface area contributed by atoms with Crippen LogP contribution in [0.1, 0.15) is 22.5 Å². The Morgan fingerprint density at radius 2 is 2.28 bits per heavy atom. The van der Waals surface area contributed by atoms with Crippen molar-refractivity contribution in [2.45, 2.75) is 17.7 Å². The van der Waals surface area contributed by atoms with Crippen LogP contribution in [0.2, 0.25) is 0 Å². The molecule has 0 unspecified atom stereocenters. The molecule has 2 N–H and O–H groups in total. The molecule has 0 aromatic carbocycles. The van der Waals surface area contributed by atoms with Crippen molar-refractivity contribution < 1.29 is 18.3 Å². The number of hydrogen-bond donors (Lipinski definition) is 2. The number of carboxylic acid groups (broad SMARTS) is 1. The number of terminal acetylenes is 1. The van der Waals surface area contributed by atoms with E-state index in [-0.39, 0.29) is 20.1 Å². The zero-order chi connectivity index (χ0) is 13.8. The maximum absolute atomic E-state index is 11.9. The Labute approximate surface area is 117 Å². The van der Waals surface area contributed by atoms with Crippen molar-refractivity contribution in [3.63, 3.8) is 0 Å². The van der Waals surface area contributed by atoms with E-state index in [9.17, 15) is 13.2 Å². The number of unbranched alkanes of at least 4 members (excludes halogenated alkanes) is 1. The fourth-order valence-corrected chi connectivity index (χ4v) is 4.59. The van der Waals surface area contributed by atoms with Gasteiger partial charge < -0.3 is 5.11 Å². The van der Waals surface area contributed by atoms with Crippen LogP contribution in [0.25, 0.3) is 0 Å². The van der Waals surface area contributed by atoms with Gasteiger partial charge in [0.05, 0.1) is 3.79 Å². The van der Waals surface area contributed by atoms with Crippen LogP contribution in [0.15, 0.2) is 14.7 Å². The summed E-state index contributed by atoms with van der Waals surface area (Å²) in [4.78, 5) is 10.6. The summed E-state index contributed by atoms with van der Waals surface area (Å²) in [5.41, 5.74) is 0. The molecule has 8 heteroatoms. The molecular formula is C10H10BrNO4S2. The van der Waals surface area contributed by atoms with Crippen LogP contribution in [-0.4, -0.2) is 26.0 Å². The van der Waals surface area contributed by atoms with Crippen molar-refractivity contribution in [1.82, 2.24) is 4.72 Å². The number of rotatable bonds is 6. The number of nitrogens with one attached hydrogen (secondary N) is 1. The minimum Gasteiger partial charge on any atom is -0.477 e. The quantitative estimate of drug-likeness (QED) is 0.605. The van der Waals surface area contributed by atoms with Crippen molar-refractivity contribution in [1.29, 1.82) is 0 Å². The summed E-state index contributed by atoms with van der Waals surface area (Å²) in [6.07, 6.45) is 6.06. The Balaban J connectivity index is 2.85. The van der Waals surface area contributed by atoms with E-state index in [1.54, 1.807) is 0 Å². The normalized spacial score (nSPS) is 11.1. The van der Waals surface area contributed by atoms with Gasteiger partial charge in [-0.3, -0.25) is 0 Å².